The average molecular weight is 291 g/mol. The molecule has 1 fully saturated rings. The maximum absolute atomic E-state index is 12.4. The lowest BCUT2D eigenvalue weighted by Gasteiger charge is -2.39. The predicted molar refractivity (Wildman–Crippen MR) is 73.3 cm³/mol. The molecule has 2 rings (SSSR count). The lowest BCUT2D eigenvalue weighted by Crippen LogP contribution is -2.59. The first-order valence-corrected chi connectivity index (χ1v) is 6.59. The Kier molecular flexibility index (Phi) is 4.52. The summed E-state index contributed by atoms with van der Waals surface area (Å²) in [6.07, 6.45) is 3.06. The molecule has 7 heteroatoms. The summed E-state index contributed by atoms with van der Waals surface area (Å²) in [5.41, 5.74) is 0.456. The Balaban J connectivity index is 2.16. The van der Waals surface area contributed by atoms with Gasteiger partial charge in [-0.3, -0.25) is 14.6 Å². The van der Waals surface area contributed by atoms with Gasteiger partial charge in [-0.15, -0.1) is 0 Å². The Bertz CT molecular complexity index is 546. The van der Waals surface area contributed by atoms with E-state index in [1.807, 2.05) is 0 Å². The van der Waals surface area contributed by atoms with Crippen LogP contribution in [0.15, 0.2) is 24.5 Å². The molecular formula is C14H17N3O4. The maximum Gasteiger partial charge on any atom is 0.330 e. The van der Waals surface area contributed by atoms with Crippen molar-refractivity contribution in [1.29, 1.82) is 0 Å². The van der Waals surface area contributed by atoms with Crippen molar-refractivity contribution >= 4 is 17.8 Å². The van der Waals surface area contributed by atoms with Crippen molar-refractivity contribution in [2.45, 2.75) is 13.0 Å². The van der Waals surface area contributed by atoms with Crippen LogP contribution in [0.1, 0.15) is 17.3 Å². The molecule has 0 bridgehead atoms. The summed E-state index contributed by atoms with van der Waals surface area (Å²) >= 11 is 0. The zero-order chi connectivity index (χ0) is 15.4. The number of piperazine rings is 1. The first-order valence-electron chi connectivity index (χ1n) is 6.59. The largest absolute Gasteiger partial charge is 0.467 e. The molecule has 7 nitrogen and oxygen atoms in total. The third-order valence-corrected chi connectivity index (χ3v) is 3.45. The number of amides is 2. The number of esters is 1. The van der Waals surface area contributed by atoms with Crippen molar-refractivity contribution in [2.75, 3.05) is 26.7 Å². The van der Waals surface area contributed by atoms with Gasteiger partial charge in [0.25, 0.3) is 5.91 Å². The highest BCUT2D eigenvalue weighted by molar-refractivity contribution is 5.95. The van der Waals surface area contributed by atoms with Gasteiger partial charge in [0.2, 0.25) is 5.91 Å². The second-order valence-electron chi connectivity index (χ2n) is 4.74. The number of aromatic nitrogens is 1. The monoisotopic (exact) mass is 291 g/mol. The number of hydrogen-bond acceptors (Lipinski definition) is 5. The molecule has 0 spiro atoms. The van der Waals surface area contributed by atoms with Gasteiger partial charge in [0.05, 0.1) is 19.2 Å². The lowest BCUT2D eigenvalue weighted by atomic mass is 10.1. The van der Waals surface area contributed by atoms with Crippen molar-refractivity contribution in [3.8, 4) is 0 Å². The average Bonchev–Trinajstić information content (AvgIpc) is 2.53. The van der Waals surface area contributed by atoms with Crippen molar-refractivity contribution < 1.29 is 19.1 Å². The smallest absolute Gasteiger partial charge is 0.330 e. The molecule has 1 aliphatic rings. The molecular weight excluding hydrogens is 274 g/mol. The molecule has 0 aliphatic carbocycles. The van der Waals surface area contributed by atoms with Crippen molar-refractivity contribution in [1.82, 2.24) is 14.8 Å². The fourth-order valence-electron chi connectivity index (χ4n) is 2.35. The van der Waals surface area contributed by atoms with E-state index in [0.717, 1.165) is 0 Å². The third-order valence-electron chi connectivity index (χ3n) is 3.45. The van der Waals surface area contributed by atoms with Crippen LogP contribution in [0.2, 0.25) is 0 Å². The van der Waals surface area contributed by atoms with Gasteiger partial charge in [-0.25, -0.2) is 4.79 Å². The molecule has 2 heterocycles. The molecule has 1 aromatic heterocycles. The minimum Gasteiger partial charge on any atom is -0.467 e. The Hall–Kier alpha value is -2.44. The zero-order valence-electron chi connectivity index (χ0n) is 12.0. The first kappa shape index (κ1) is 15.0. The molecule has 1 saturated heterocycles. The number of carbonyl (C=O) groups is 3. The first-order chi connectivity index (χ1) is 10.0. The number of ether oxygens (including phenoxy) is 1. The number of pyridine rings is 1. The zero-order valence-corrected chi connectivity index (χ0v) is 12.0. The van der Waals surface area contributed by atoms with Crippen molar-refractivity contribution in [3.05, 3.63) is 30.1 Å². The quantitative estimate of drug-likeness (QED) is 0.712. The molecule has 1 atom stereocenters. The van der Waals surface area contributed by atoms with E-state index in [1.165, 1.54) is 30.0 Å². The van der Waals surface area contributed by atoms with Crippen LogP contribution >= 0.6 is 0 Å². The highest BCUT2D eigenvalue weighted by atomic mass is 16.5. The van der Waals surface area contributed by atoms with E-state index in [-0.39, 0.29) is 18.4 Å². The molecule has 2 amide bonds. The van der Waals surface area contributed by atoms with Crippen LogP contribution in [-0.4, -0.2) is 65.4 Å². The van der Waals surface area contributed by atoms with Gasteiger partial charge in [0, 0.05) is 32.4 Å². The Morgan fingerprint density at radius 1 is 1.33 bits per heavy atom. The molecule has 1 aromatic rings. The summed E-state index contributed by atoms with van der Waals surface area (Å²) in [6.45, 7) is 2.20. The van der Waals surface area contributed by atoms with Crippen LogP contribution in [0.25, 0.3) is 0 Å². The summed E-state index contributed by atoms with van der Waals surface area (Å²) in [4.78, 5) is 42.6. The molecule has 112 valence electrons. The van der Waals surface area contributed by atoms with Crippen LogP contribution in [0.5, 0.6) is 0 Å². The topological polar surface area (TPSA) is 79.8 Å². The van der Waals surface area contributed by atoms with E-state index in [9.17, 15) is 14.4 Å². The van der Waals surface area contributed by atoms with Gasteiger partial charge in [0.15, 0.2) is 0 Å². The number of methoxy groups -OCH3 is 1. The third kappa shape index (κ3) is 3.18. The summed E-state index contributed by atoms with van der Waals surface area (Å²) < 4.78 is 4.72. The summed E-state index contributed by atoms with van der Waals surface area (Å²) in [6, 6.07) is 2.58. The lowest BCUT2D eigenvalue weighted by molar-refractivity contribution is -0.154. The number of hydrogen-bond donors (Lipinski definition) is 0. The van der Waals surface area contributed by atoms with E-state index in [0.29, 0.717) is 18.7 Å². The van der Waals surface area contributed by atoms with Gasteiger partial charge in [-0.1, -0.05) is 0 Å². The van der Waals surface area contributed by atoms with Crippen LogP contribution < -0.4 is 0 Å². The molecule has 0 N–H and O–H groups in total. The van der Waals surface area contributed by atoms with E-state index in [1.54, 1.807) is 18.3 Å². The molecule has 0 radical (unpaired) electrons. The van der Waals surface area contributed by atoms with Crippen molar-refractivity contribution in [2.24, 2.45) is 0 Å². The van der Waals surface area contributed by atoms with Crippen LogP contribution in [0, 0.1) is 0 Å². The predicted octanol–water partition coefficient (Wildman–Crippen LogP) is -0.0725. The number of nitrogens with zero attached hydrogens (tertiary/aromatic N) is 3. The number of carbonyl (C=O) groups excluding carboxylic acids is 3. The van der Waals surface area contributed by atoms with Gasteiger partial charge < -0.3 is 14.5 Å². The summed E-state index contributed by atoms with van der Waals surface area (Å²) in [5, 5.41) is 0. The van der Waals surface area contributed by atoms with Crippen LogP contribution in [0.3, 0.4) is 0 Å². The molecule has 1 aliphatic heterocycles. The molecule has 0 aromatic carbocycles. The van der Waals surface area contributed by atoms with Crippen molar-refractivity contribution in [3.63, 3.8) is 0 Å². The minimum atomic E-state index is -0.762. The Labute approximate surface area is 122 Å². The van der Waals surface area contributed by atoms with E-state index in [2.05, 4.69) is 4.98 Å². The van der Waals surface area contributed by atoms with E-state index < -0.39 is 12.0 Å². The highest BCUT2D eigenvalue weighted by Crippen LogP contribution is 2.14. The standard InChI is InChI=1S/C14H17N3O4/c1-10(18)17-7-6-16(9-12(17)14(20)21-2)13(19)11-4-3-5-15-8-11/h3-5,8,12H,6-7,9H2,1-2H3. The SMILES string of the molecule is COC(=O)C1CN(C(=O)c2cccnc2)CCN1C(C)=O. The normalized spacial score (nSPS) is 18.3. The fraction of sp³-hybridized carbons (Fsp3) is 0.429. The molecule has 21 heavy (non-hydrogen) atoms. The minimum absolute atomic E-state index is 0.125. The summed E-state index contributed by atoms with van der Waals surface area (Å²) in [5.74, 6) is -0.937. The second-order valence-corrected chi connectivity index (χ2v) is 4.74. The van der Waals surface area contributed by atoms with Gasteiger partial charge >= 0.3 is 5.97 Å². The van der Waals surface area contributed by atoms with Crippen LogP contribution in [0.4, 0.5) is 0 Å². The van der Waals surface area contributed by atoms with Crippen LogP contribution in [-0.2, 0) is 14.3 Å². The van der Waals surface area contributed by atoms with Gasteiger partial charge in [-0.2, -0.15) is 0 Å². The number of rotatable bonds is 2. The second kappa shape index (κ2) is 6.34. The van der Waals surface area contributed by atoms with E-state index in [4.69, 9.17) is 4.74 Å². The van der Waals surface area contributed by atoms with Gasteiger partial charge in [0.1, 0.15) is 6.04 Å². The fourth-order valence-corrected chi connectivity index (χ4v) is 2.35. The maximum atomic E-state index is 12.4. The van der Waals surface area contributed by atoms with E-state index >= 15 is 0 Å². The van der Waals surface area contributed by atoms with Gasteiger partial charge in [-0.05, 0) is 12.1 Å². The Morgan fingerprint density at radius 3 is 2.67 bits per heavy atom. The highest BCUT2D eigenvalue weighted by Gasteiger charge is 2.36. The summed E-state index contributed by atoms with van der Waals surface area (Å²) in [7, 11) is 1.27. The molecule has 1 unspecified atom stereocenters. The Morgan fingerprint density at radius 2 is 2.10 bits per heavy atom. The molecule has 0 saturated carbocycles.